The number of carbonyl (C=O) groups is 2. The summed E-state index contributed by atoms with van der Waals surface area (Å²) in [5.41, 5.74) is 12.4. The third-order valence-corrected chi connectivity index (χ3v) is 2.86. The Morgan fingerprint density at radius 2 is 1.87 bits per heavy atom. The lowest BCUT2D eigenvalue weighted by Crippen LogP contribution is -2.10. The van der Waals surface area contributed by atoms with Crippen LogP contribution in [0.3, 0.4) is 0 Å². The van der Waals surface area contributed by atoms with Gasteiger partial charge in [0.05, 0.1) is 17.9 Å². The summed E-state index contributed by atoms with van der Waals surface area (Å²) in [6, 6.07) is 6.32. The molecular formula is C14H16N6O3. The molecular weight excluding hydrogens is 300 g/mol. The van der Waals surface area contributed by atoms with Crippen molar-refractivity contribution < 1.29 is 14.3 Å². The maximum absolute atomic E-state index is 11.5. The van der Waals surface area contributed by atoms with Crippen LogP contribution in [0.1, 0.15) is 29.0 Å². The highest BCUT2D eigenvalue weighted by Crippen LogP contribution is 2.30. The van der Waals surface area contributed by atoms with Crippen molar-refractivity contribution in [1.82, 2.24) is 9.78 Å². The number of anilines is 2. The van der Waals surface area contributed by atoms with E-state index < -0.39 is 5.97 Å². The summed E-state index contributed by atoms with van der Waals surface area (Å²) in [6.45, 7) is 3.34. The number of hydrogen-bond donors (Lipinski definition) is 2. The maximum atomic E-state index is 11.5. The van der Waals surface area contributed by atoms with Gasteiger partial charge in [0.1, 0.15) is 0 Å². The van der Waals surface area contributed by atoms with Crippen LogP contribution in [0.5, 0.6) is 0 Å². The molecule has 0 bridgehead atoms. The highest BCUT2D eigenvalue weighted by Gasteiger charge is 2.15. The first kappa shape index (κ1) is 16.1. The summed E-state index contributed by atoms with van der Waals surface area (Å²) in [6.07, 6.45) is 0. The Balaban J connectivity index is 2.21. The smallest absolute Gasteiger partial charge is 0.338 e. The second-order valence-corrected chi connectivity index (χ2v) is 4.52. The molecule has 0 saturated carbocycles. The number of esters is 1. The van der Waals surface area contributed by atoms with Gasteiger partial charge in [-0.1, -0.05) is 0 Å². The highest BCUT2D eigenvalue weighted by atomic mass is 16.5. The lowest BCUT2D eigenvalue weighted by Gasteiger charge is -2.01. The van der Waals surface area contributed by atoms with Gasteiger partial charge < -0.3 is 16.2 Å². The number of azo groups is 1. The molecule has 9 nitrogen and oxygen atoms in total. The molecule has 1 aromatic carbocycles. The molecule has 2 rings (SSSR count). The highest BCUT2D eigenvalue weighted by molar-refractivity contribution is 5.89. The fraction of sp³-hybridized carbons (Fsp3) is 0.214. The van der Waals surface area contributed by atoms with E-state index in [9.17, 15) is 9.59 Å². The molecule has 1 aromatic heterocycles. The van der Waals surface area contributed by atoms with E-state index in [1.165, 1.54) is 6.92 Å². The van der Waals surface area contributed by atoms with Crippen LogP contribution in [-0.4, -0.2) is 28.3 Å². The van der Waals surface area contributed by atoms with Crippen LogP contribution in [0.15, 0.2) is 34.5 Å². The predicted octanol–water partition coefficient (Wildman–Crippen LogP) is 2.30. The van der Waals surface area contributed by atoms with Gasteiger partial charge in [0.15, 0.2) is 17.3 Å². The topological polar surface area (TPSA) is 138 Å². The van der Waals surface area contributed by atoms with Crippen molar-refractivity contribution in [3.63, 3.8) is 0 Å². The van der Waals surface area contributed by atoms with Gasteiger partial charge >= 0.3 is 5.97 Å². The number of rotatable bonds is 4. The van der Waals surface area contributed by atoms with E-state index in [4.69, 9.17) is 16.2 Å². The van der Waals surface area contributed by atoms with Gasteiger partial charge in [-0.25, -0.2) is 4.79 Å². The molecule has 0 atom stereocenters. The van der Waals surface area contributed by atoms with Crippen molar-refractivity contribution >= 4 is 34.9 Å². The number of aromatic nitrogens is 2. The van der Waals surface area contributed by atoms with Gasteiger partial charge in [-0.05, 0) is 31.2 Å². The van der Waals surface area contributed by atoms with Crippen LogP contribution in [0, 0.1) is 0 Å². The van der Waals surface area contributed by atoms with Crippen LogP contribution < -0.4 is 11.5 Å². The zero-order valence-electron chi connectivity index (χ0n) is 12.7. The van der Waals surface area contributed by atoms with Crippen molar-refractivity contribution in [2.45, 2.75) is 13.8 Å². The Hall–Kier alpha value is -3.23. The number of ether oxygens (including phenoxy) is 1. The van der Waals surface area contributed by atoms with Gasteiger partial charge in [0.2, 0.25) is 5.91 Å². The van der Waals surface area contributed by atoms with E-state index in [2.05, 4.69) is 15.3 Å². The Morgan fingerprint density at radius 3 is 2.39 bits per heavy atom. The Morgan fingerprint density at radius 1 is 1.22 bits per heavy atom. The van der Waals surface area contributed by atoms with Gasteiger partial charge in [0, 0.05) is 6.92 Å². The first-order chi connectivity index (χ1) is 10.9. The number of hydrogen-bond acceptors (Lipinski definition) is 8. The lowest BCUT2D eigenvalue weighted by molar-refractivity contribution is 0.0526. The normalized spacial score (nSPS) is 10.9. The molecule has 0 fully saturated rings. The molecule has 0 radical (unpaired) electrons. The van der Waals surface area contributed by atoms with Crippen molar-refractivity contribution in [2.75, 3.05) is 18.1 Å². The molecule has 0 amide bonds. The average molecular weight is 316 g/mol. The Bertz CT molecular complexity index is 764. The van der Waals surface area contributed by atoms with E-state index >= 15 is 0 Å². The van der Waals surface area contributed by atoms with E-state index in [1.807, 2.05) is 0 Å². The fourth-order valence-electron chi connectivity index (χ4n) is 1.77. The summed E-state index contributed by atoms with van der Waals surface area (Å²) in [5, 5.41) is 11.7. The lowest BCUT2D eigenvalue weighted by atomic mass is 10.2. The van der Waals surface area contributed by atoms with Crippen LogP contribution in [0.4, 0.5) is 23.0 Å². The van der Waals surface area contributed by atoms with Crippen LogP contribution in [0.25, 0.3) is 0 Å². The van der Waals surface area contributed by atoms with Crippen LogP contribution in [-0.2, 0) is 4.74 Å². The predicted molar refractivity (Wildman–Crippen MR) is 83.9 cm³/mol. The molecule has 23 heavy (non-hydrogen) atoms. The Kier molecular flexibility index (Phi) is 4.69. The molecule has 0 unspecified atom stereocenters. The molecule has 0 aliphatic carbocycles. The largest absolute Gasteiger partial charge is 0.462 e. The van der Waals surface area contributed by atoms with Crippen molar-refractivity contribution in [1.29, 1.82) is 0 Å². The molecule has 0 spiro atoms. The number of nitrogens with two attached hydrogens (primary N) is 2. The van der Waals surface area contributed by atoms with Gasteiger partial charge in [-0.15, -0.1) is 10.2 Å². The summed E-state index contributed by atoms with van der Waals surface area (Å²) in [4.78, 5) is 22.8. The SMILES string of the molecule is CCOC(=O)c1ccc(N=Nc2c(N)nn(C(C)=O)c2N)cc1. The first-order valence-electron chi connectivity index (χ1n) is 6.77. The molecule has 2 aromatic rings. The zero-order chi connectivity index (χ0) is 17.0. The average Bonchev–Trinajstić information content (AvgIpc) is 2.81. The molecule has 0 saturated heterocycles. The van der Waals surface area contributed by atoms with E-state index in [0.717, 1.165) is 4.68 Å². The van der Waals surface area contributed by atoms with E-state index in [-0.39, 0.29) is 23.2 Å². The van der Waals surface area contributed by atoms with Gasteiger partial charge in [-0.3, -0.25) is 4.79 Å². The van der Waals surface area contributed by atoms with E-state index in [0.29, 0.717) is 17.9 Å². The summed E-state index contributed by atoms with van der Waals surface area (Å²) < 4.78 is 5.84. The molecule has 0 aliphatic heterocycles. The van der Waals surface area contributed by atoms with Gasteiger partial charge in [0.25, 0.3) is 0 Å². The molecule has 0 aliphatic rings. The number of nitrogens with zero attached hydrogens (tertiary/aromatic N) is 4. The Labute approximate surface area is 131 Å². The minimum Gasteiger partial charge on any atom is -0.462 e. The number of benzene rings is 1. The zero-order valence-corrected chi connectivity index (χ0v) is 12.7. The van der Waals surface area contributed by atoms with E-state index in [1.54, 1.807) is 31.2 Å². The van der Waals surface area contributed by atoms with Crippen molar-refractivity contribution in [3.05, 3.63) is 29.8 Å². The second-order valence-electron chi connectivity index (χ2n) is 4.52. The molecule has 4 N–H and O–H groups in total. The second kappa shape index (κ2) is 6.69. The molecule has 120 valence electrons. The first-order valence-corrected chi connectivity index (χ1v) is 6.77. The summed E-state index contributed by atoms with van der Waals surface area (Å²) >= 11 is 0. The number of nitrogen functional groups attached to an aromatic ring is 2. The minimum absolute atomic E-state index is 0.00425. The minimum atomic E-state index is -0.410. The standard InChI is InChI=1S/C14H16N6O3/c1-3-23-14(22)9-4-6-10(7-5-9)17-18-11-12(15)19-20(8(2)21)13(11)16/h4-7H,3,16H2,1-2H3,(H2,15,19). The van der Waals surface area contributed by atoms with Gasteiger partial charge in [-0.2, -0.15) is 9.80 Å². The molecule has 1 heterocycles. The third-order valence-electron chi connectivity index (χ3n) is 2.86. The maximum Gasteiger partial charge on any atom is 0.338 e. The third kappa shape index (κ3) is 3.51. The van der Waals surface area contributed by atoms with Crippen molar-refractivity contribution in [3.8, 4) is 0 Å². The summed E-state index contributed by atoms with van der Waals surface area (Å²) in [7, 11) is 0. The van der Waals surface area contributed by atoms with Crippen LogP contribution >= 0.6 is 0 Å². The van der Waals surface area contributed by atoms with Crippen LogP contribution in [0.2, 0.25) is 0 Å². The van der Waals surface area contributed by atoms with Crippen molar-refractivity contribution in [2.24, 2.45) is 10.2 Å². The fourth-order valence-corrected chi connectivity index (χ4v) is 1.77. The quantitative estimate of drug-likeness (QED) is 0.655. The molecule has 9 heteroatoms. The monoisotopic (exact) mass is 316 g/mol. The summed E-state index contributed by atoms with van der Waals surface area (Å²) in [5.74, 6) is -0.770. The number of carbonyl (C=O) groups excluding carboxylic acids is 2.